The third kappa shape index (κ3) is 19.8. The van der Waals surface area contributed by atoms with Gasteiger partial charge in [-0.3, -0.25) is 33.6 Å². The number of carboxylic acids is 2. The van der Waals surface area contributed by atoms with Crippen LogP contribution in [0.2, 0.25) is 5.02 Å². The Labute approximate surface area is 416 Å². The monoisotopic (exact) mass is 996 g/mol. The second-order valence-corrected chi connectivity index (χ2v) is 20.6. The Morgan fingerprint density at radius 2 is 1.46 bits per heavy atom. The van der Waals surface area contributed by atoms with E-state index in [0.29, 0.717) is 29.2 Å². The van der Waals surface area contributed by atoms with E-state index >= 15 is 0 Å². The van der Waals surface area contributed by atoms with Gasteiger partial charge in [0.05, 0.1) is 23.7 Å². The topological polar surface area (TPSA) is 271 Å². The molecule has 0 aromatic heterocycles. The number of benzene rings is 2. The van der Waals surface area contributed by atoms with Crippen molar-refractivity contribution in [2.24, 2.45) is 22.7 Å². The number of aliphatic carboxylic acids is 2. The lowest BCUT2D eigenvalue weighted by Crippen LogP contribution is -2.54. The van der Waals surface area contributed by atoms with Crippen LogP contribution in [-0.4, -0.2) is 102 Å². The Hall–Kier alpha value is -6.01. The minimum absolute atomic E-state index is 0.0336. The number of allylic oxidation sites excluding steroid dienone is 1. The Morgan fingerprint density at radius 1 is 0.800 bits per heavy atom. The average molecular weight is 998 g/mol. The zero-order valence-corrected chi connectivity index (χ0v) is 42.8. The minimum atomic E-state index is -1.19. The minimum Gasteiger partial charge on any atom is -0.495 e. The number of hydrogen-bond donors (Lipinski definition) is 8. The molecule has 2 aromatic rings. The number of carboxylic acid groups (broad SMARTS) is 2. The largest absolute Gasteiger partial charge is 0.495 e. The Morgan fingerprint density at radius 3 is 2.04 bits per heavy atom. The molecule has 1 aliphatic heterocycles. The van der Waals surface area contributed by atoms with Crippen LogP contribution in [0.3, 0.4) is 0 Å². The van der Waals surface area contributed by atoms with E-state index in [2.05, 4.69) is 38.8 Å². The van der Waals surface area contributed by atoms with Gasteiger partial charge in [0.2, 0.25) is 35.4 Å². The van der Waals surface area contributed by atoms with Crippen LogP contribution >= 0.6 is 11.6 Å². The van der Waals surface area contributed by atoms with Gasteiger partial charge in [-0.15, -0.1) is 0 Å². The molecule has 6 amide bonds. The summed E-state index contributed by atoms with van der Waals surface area (Å²) >= 11 is 6.36. The normalized spacial score (nSPS) is 16.7. The summed E-state index contributed by atoms with van der Waals surface area (Å²) in [6, 6.07) is 8.73. The second-order valence-electron chi connectivity index (χ2n) is 20.2. The Balaban J connectivity index is 1.51. The Kier molecular flexibility index (Phi) is 22.3. The Bertz CT molecular complexity index is 2190. The average Bonchev–Trinajstić information content (AvgIpc) is 4.08. The first-order valence-corrected chi connectivity index (χ1v) is 24.0. The molecule has 0 bridgehead atoms. The number of ether oxygens (including phenoxy) is 2. The molecule has 386 valence electrons. The molecular formula is C51H73ClN6O12. The summed E-state index contributed by atoms with van der Waals surface area (Å²) < 4.78 is 11.3. The van der Waals surface area contributed by atoms with Gasteiger partial charge in [-0.2, -0.15) is 0 Å². The molecule has 70 heavy (non-hydrogen) atoms. The van der Waals surface area contributed by atoms with E-state index in [9.17, 15) is 43.5 Å². The zero-order chi connectivity index (χ0) is 52.5. The van der Waals surface area contributed by atoms with Crippen molar-refractivity contribution < 1.29 is 58.0 Å². The van der Waals surface area contributed by atoms with Crippen molar-refractivity contribution in [3.05, 3.63) is 76.3 Å². The van der Waals surface area contributed by atoms with Gasteiger partial charge in [-0.25, -0.2) is 4.79 Å². The van der Waals surface area contributed by atoms with Crippen LogP contribution in [-0.2, 0) is 56.1 Å². The van der Waals surface area contributed by atoms with Gasteiger partial charge in [0, 0.05) is 32.4 Å². The smallest absolute Gasteiger partial charge is 0.326 e. The van der Waals surface area contributed by atoms with E-state index in [4.69, 9.17) is 26.2 Å². The summed E-state index contributed by atoms with van der Waals surface area (Å²) in [7, 11) is 1.48. The summed E-state index contributed by atoms with van der Waals surface area (Å²) in [6.45, 7) is 16.0. The predicted octanol–water partition coefficient (Wildman–Crippen LogP) is 5.15. The second kappa shape index (κ2) is 26.8. The molecule has 0 radical (unpaired) electrons. The van der Waals surface area contributed by atoms with Crippen molar-refractivity contribution in [1.82, 2.24) is 31.9 Å². The highest BCUT2D eigenvalue weighted by atomic mass is 35.5. The highest BCUT2D eigenvalue weighted by molar-refractivity contribution is 6.32. The summed E-state index contributed by atoms with van der Waals surface area (Å²) in [4.78, 5) is 101. The van der Waals surface area contributed by atoms with Gasteiger partial charge in [0.1, 0.15) is 36.0 Å². The number of amides is 6. The molecule has 0 saturated carbocycles. The molecule has 1 aliphatic rings. The lowest BCUT2D eigenvalue weighted by Gasteiger charge is -2.29. The van der Waals surface area contributed by atoms with Crippen LogP contribution in [0.1, 0.15) is 124 Å². The summed E-state index contributed by atoms with van der Waals surface area (Å²) in [5.74, 6) is -4.81. The third-order valence-corrected chi connectivity index (χ3v) is 12.1. The molecule has 1 heterocycles. The highest BCUT2D eigenvalue weighted by Crippen LogP contribution is 2.44. The number of carbonyl (C=O) groups excluding carboxylic acids is 6. The zero-order valence-electron chi connectivity index (χ0n) is 42.0. The molecule has 1 saturated heterocycles. The fourth-order valence-corrected chi connectivity index (χ4v) is 7.71. The van der Waals surface area contributed by atoms with Crippen LogP contribution in [0, 0.1) is 22.7 Å². The van der Waals surface area contributed by atoms with Crippen molar-refractivity contribution in [3.63, 3.8) is 0 Å². The first-order chi connectivity index (χ1) is 32.7. The van der Waals surface area contributed by atoms with Gasteiger partial charge >= 0.3 is 11.9 Å². The first kappa shape index (κ1) is 58.3. The fourth-order valence-electron chi connectivity index (χ4n) is 7.43. The van der Waals surface area contributed by atoms with E-state index in [1.807, 2.05) is 45.0 Å². The van der Waals surface area contributed by atoms with Gasteiger partial charge < -0.3 is 51.6 Å². The quantitative estimate of drug-likeness (QED) is 0.0406. The van der Waals surface area contributed by atoms with Crippen LogP contribution in [0.15, 0.2) is 54.6 Å². The number of rotatable bonds is 28. The number of nitrogens with one attached hydrogen (secondary N) is 6. The lowest BCUT2D eigenvalue weighted by atomic mass is 9.86. The maximum absolute atomic E-state index is 13.7. The number of halogens is 1. The van der Waals surface area contributed by atoms with Crippen LogP contribution in [0.25, 0.3) is 0 Å². The lowest BCUT2D eigenvalue weighted by molar-refractivity contribution is -0.144. The molecule has 3 rings (SSSR count). The molecule has 2 unspecified atom stereocenters. The van der Waals surface area contributed by atoms with Gasteiger partial charge in [-0.05, 0) is 98.6 Å². The van der Waals surface area contributed by atoms with Gasteiger partial charge in [-0.1, -0.05) is 89.6 Å². The summed E-state index contributed by atoms with van der Waals surface area (Å²) in [6.07, 6.45) is 4.47. The van der Waals surface area contributed by atoms with E-state index < -0.39 is 77.0 Å². The van der Waals surface area contributed by atoms with E-state index in [0.717, 1.165) is 11.1 Å². The molecule has 19 heteroatoms. The van der Waals surface area contributed by atoms with E-state index in [1.54, 1.807) is 58.9 Å². The van der Waals surface area contributed by atoms with Gasteiger partial charge in [0.15, 0.2) is 0 Å². The SMILES string of the molecule is COc1ccc(C[C@@H](NC(=O)/C=C/CC[C@H](C)C2OC2c2ccc(CNC(=O)[C@H](C)NC(=O)[C@@H](NC(=O)CCCC(=O)O)C(C)C)cc2)C(=O)NCC(C)(C)C(=O)N[C@@H](CC(C)(C)C)C(=O)O)cc1Cl. The summed E-state index contributed by atoms with van der Waals surface area (Å²) in [5.41, 5.74) is 0.904. The molecule has 7 atom stereocenters. The van der Waals surface area contributed by atoms with Crippen LogP contribution in [0.4, 0.5) is 0 Å². The first-order valence-electron chi connectivity index (χ1n) is 23.7. The number of hydrogen-bond acceptors (Lipinski definition) is 10. The molecule has 8 N–H and O–H groups in total. The molecule has 1 fully saturated rings. The van der Waals surface area contributed by atoms with Gasteiger partial charge in [0.25, 0.3) is 0 Å². The molecule has 18 nitrogen and oxygen atoms in total. The maximum Gasteiger partial charge on any atom is 0.326 e. The predicted molar refractivity (Wildman–Crippen MR) is 263 cm³/mol. The summed E-state index contributed by atoms with van der Waals surface area (Å²) in [5, 5.41) is 35.1. The van der Waals surface area contributed by atoms with Crippen molar-refractivity contribution in [2.45, 2.75) is 150 Å². The van der Waals surface area contributed by atoms with Crippen molar-refractivity contribution in [3.8, 4) is 5.75 Å². The van der Waals surface area contributed by atoms with Crippen molar-refractivity contribution in [2.75, 3.05) is 13.7 Å². The van der Waals surface area contributed by atoms with Crippen LogP contribution < -0.4 is 36.6 Å². The molecule has 0 aliphatic carbocycles. The number of methoxy groups -OCH3 is 1. The number of carbonyl (C=O) groups is 8. The van der Waals surface area contributed by atoms with Crippen molar-refractivity contribution >= 4 is 59.0 Å². The van der Waals surface area contributed by atoms with E-state index in [-0.39, 0.29) is 74.7 Å². The maximum atomic E-state index is 13.7. The standard InChI is InChI=1S/C51H73ClN6O12/c1-29(2)42(58-40(60)16-13-17-41(61)62)47(65)55-31(4)45(63)53-27-32-18-21-34(22-19-32)44-43(70-44)30(3)14-11-12-15-39(59)56-36(25-33-20-23-38(69-10)35(52)24-33)46(64)54-28-51(8,9)49(68)57-37(48(66)67)26-50(5,6)7/h12,15,18-24,29-31,36-37,42-44H,11,13-14,16-17,25-28H2,1-10H3,(H,53,63)(H,54,64)(H,55,65)(H,56,59)(H,57,68)(H,58,60)(H,61,62)(H,66,67)/b15-12+/t30-,31-,36+,37-,42-,43?,44?/m0/s1. The molecule has 2 aromatic carbocycles. The molecular weight excluding hydrogens is 924 g/mol. The fraction of sp³-hybridized carbons (Fsp3) is 0.569. The molecule has 0 spiro atoms. The van der Waals surface area contributed by atoms with E-state index in [1.165, 1.54) is 13.2 Å². The number of epoxide rings is 1. The highest BCUT2D eigenvalue weighted by Gasteiger charge is 2.43. The van der Waals surface area contributed by atoms with Crippen molar-refractivity contribution in [1.29, 1.82) is 0 Å². The third-order valence-electron chi connectivity index (χ3n) is 11.8. The van der Waals surface area contributed by atoms with Crippen LogP contribution in [0.5, 0.6) is 5.75 Å².